The SMILES string of the molecule is Cc1cccc2c1ccc1c(=O)c3c(oc12)C(=O)OCC3C. The zero-order chi connectivity index (χ0) is 15.4. The molecule has 0 fully saturated rings. The number of aryl methyl sites for hydroxylation is 1. The molecule has 0 N–H and O–H groups in total. The first kappa shape index (κ1) is 13.1. The van der Waals surface area contributed by atoms with Crippen molar-refractivity contribution in [2.45, 2.75) is 19.8 Å². The summed E-state index contributed by atoms with van der Waals surface area (Å²) in [7, 11) is 0. The van der Waals surface area contributed by atoms with Gasteiger partial charge < -0.3 is 9.15 Å². The second-order valence-corrected chi connectivity index (χ2v) is 5.79. The van der Waals surface area contributed by atoms with Crippen molar-refractivity contribution < 1.29 is 13.9 Å². The first-order valence-electron chi connectivity index (χ1n) is 7.24. The molecule has 1 aromatic heterocycles. The number of carbonyl (C=O) groups excluding carboxylic acids is 1. The summed E-state index contributed by atoms with van der Waals surface area (Å²) in [4.78, 5) is 24.8. The molecule has 4 heteroatoms. The highest BCUT2D eigenvalue weighted by molar-refractivity contribution is 6.06. The van der Waals surface area contributed by atoms with Crippen molar-refractivity contribution in [3.63, 3.8) is 0 Å². The number of cyclic esters (lactones) is 1. The third kappa shape index (κ3) is 1.64. The molecule has 4 nitrogen and oxygen atoms in total. The van der Waals surface area contributed by atoms with Crippen LogP contribution in [-0.4, -0.2) is 12.6 Å². The Labute approximate surface area is 126 Å². The Bertz CT molecular complexity index is 997. The Balaban J connectivity index is 2.22. The average molecular weight is 294 g/mol. The number of rotatable bonds is 0. The van der Waals surface area contributed by atoms with E-state index in [9.17, 15) is 9.59 Å². The number of ether oxygens (including phenoxy) is 1. The molecule has 0 aliphatic carbocycles. The van der Waals surface area contributed by atoms with Gasteiger partial charge in [-0.2, -0.15) is 0 Å². The van der Waals surface area contributed by atoms with Crippen LogP contribution in [0.2, 0.25) is 0 Å². The van der Waals surface area contributed by atoms with Gasteiger partial charge in [0.15, 0.2) is 5.43 Å². The summed E-state index contributed by atoms with van der Waals surface area (Å²) < 4.78 is 10.9. The van der Waals surface area contributed by atoms with Crippen LogP contribution in [0.15, 0.2) is 39.5 Å². The molecule has 110 valence electrons. The lowest BCUT2D eigenvalue weighted by Crippen LogP contribution is -2.27. The molecule has 0 bridgehead atoms. The Morgan fingerprint density at radius 1 is 1.05 bits per heavy atom. The number of esters is 1. The fourth-order valence-corrected chi connectivity index (χ4v) is 3.13. The van der Waals surface area contributed by atoms with Crippen molar-refractivity contribution in [3.8, 4) is 0 Å². The van der Waals surface area contributed by atoms with Crippen molar-refractivity contribution in [2.75, 3.05) is 6.61 Å². The third-order valence-corrected chi connectivity index (χ3v) is 4.31. The number of benzene rings is 2. The Morgan fingerprint density at radius 2 is 1.82 bits per heavy atom. The van der Waals surface area contributed by atoms with Gasteiger partial charge in [0, 0.05) is 11.3 Å². The Kier molecular flexibility index (Phi) is 2.64. The molecule has 0 spiro atoms. The minimum atomic E-state index is -0.559. The average Bonchev–Trinajstić information content (AvgIpc) is 2.51. The van der Waals surface area contributed by atoms with Crippen LogP contribution in [-0.2, 0) is 4.74 Å². The lowest BCUT2D eigenvalue weighted by Gasteiger charge is -2.20. The van der Waals surface area contributed by atoms with E-state index in [1.165, 1.54) is 0 Å². The predicted molar refractivity (Wildman–Crippen MR) is 83.4 cm³/mol. The van der Waals surface area contributed by atoms with Crippen LogP contribution in [0, 0.1) is 6.92 Å². The number of fused-ring (bicyclic) bond motifs is 4. The topological polar surface area (TPSA) is 56.5 Å². The standard InChI is InChI=1S/C18H14O4/c1-9-4-3-5-12-11(9)6-7-13-15(19)14-10(2)8-21-18(20)17(14)22-16(12)13/h3-7,10H,8H2,1-2H3. The molecule has 0 radical (unpaired) electrons. The van der Waals surface area contributed by atoms with Crippen LogP contribution in [0.1, 0.15) is 34.5 Å². The molecule has 0 saturated heterocycles. The van der Waals surface area contributed by atoms with E-state index in [4.69, 9.17) is 9.15 Å². The summed E-state index contributed by atoms with van der Waals surface area (Å²) in [5, 5.41) is 2.36. The van der Waals surface area contributed by atoms with E-state index in [-0.39, 0.29) is 23.7 Å². The van der Waals surface area contributed by atoms with Crippen molar-refractivity contribution in [2.24, 2.45) is 0 Å². The normalized spacial score (nSPS) is 17.5. The van der Waals surface area contributed by atoms with E-state index >= 15 is 0 Å². The van der Waals surface area contributed by atoms with Crippen LogP contribution in [0.4, 0.5) is 0 Å². The van der Waals surface area contributed by atoms with Crippen LogP contribution >= 0.6 is 0 Å². The molecule has 2 heterocycles. The Hall–Kier alpha value is -2.62. The number of hydrogen-bond acceptors (Lipinski definition) is 4. The van der Waals surface area contributed by atoms with Gasteiger partial charge in [-0.15, -0.1) is 0 Å². The lowest BCUT2D eigenvalue weighted by molar-refractivity contribution is 0.0402. The van der Waals surface area contributed by atoms with Crippen molar-refractivity contribution >= 4 is 27.7 Å². The van der Waals surface area contributed by atoms with Gasteiger partial charge >= 0.3 is 5.97 Å². The van der Waals surface area contributed by atoms with Gasteiger partial charge in [-0.3, -0.25) is 4.79 Å². The smallest absolute Gasteiger partial charge is 0.374 e. The molecule has 1 aliphatic heterocycles. The maximum absolute atomic E-state index is 12.8. The van der Waals surface area contributed by atoms with Gasteiger partial charge in [-0.25, -0.2) is 4.79 Å². The van der Waals surface area contributed by atoms with Crippen LogP contribution < -0.4 is 5.43 Å². The zero-order valence-electron chi connectivity index (χ0n) is 12.3. The second kappa shape index (κ2) is 4.44. The molecule has 1 atom stereocenters. The number of carbonyl (C=O) groups is 1. The summed E-state index contributed by atoms with van der Waals surface area (Å²) in [5.41, 5.74) is 1.84. The first-order valence-corrected chi connectivity index (χ1v) is 7.24. The molecule has 0 amide bonds. The van der Waals surface area contributed by atoms with E-state index in [0.29, 0.717) is 16.5 Å². The maximum Gasteiger partial charge on any atom is 0.374 e. The predicted octanol–water partition coefficient (Wildman–Crippen LogP) is 3.53. The van der Waals surface area contributed by atoms with E-state index in [2.05, 4.69) is 0 Å². The fourth-order valence-electron chi connectivity index (χ4n) is 3.13. The highest BCUT2D eigenvalue weighted by Gasteiger charge is 2.31. The van der Waals surface area contributed by atoms with Crippen molar-refractivity contribution in [3.05, 3.63) is 57.4 Å². The minimum absolute atomic E-state index is 0.0465. The molecule has 0 saturated carbocycles. The van der Waals surface area contributed by atoms with E-state index < -0.39 is 5.97 Å². The van der Waals surface area contributed by atoms with Crippen LogP contribution in [0.3, 0.4) is 0 Å². The van der Waals surface area contributed by atoms with Gasteiger partial charge in [0.2, 0.25) is 5.76 Å². The molecule has 2 aromatic carbocycles. The van der Waals surface area contributed by atoms with Gasteiger partial charge in [0.1, 0.15) is 5.58 Å². The van der Waals surface area contributed by atoms with Crippen LogP contribution in [0.5, 0.6) is 0 Å². The molecule has 3 aromatic rings. The summed E-state index contributed by atoms with van der Waals surface area (Å²) in [6, 6.07) is 9.53. The van der Waals surface area contributed by atoms with Crippen molar-refractivity contribution in [1.29, 1.82) is 0 Å². The van der Waals surface area contributed by atoms with Gasteiger partial charge in [0.05, 0.1) is 17.6 Å². The second-order valence-electron chi connectivity index (χ2n) is 5.79. The van der Waals surface area contributed by atoms with Gasteiger partial charge in [-0.1, -0.05) is 31.2 Å². The van der Waals surface area contributed by atoms with Gasteiger partial charge in [0.25, 0.3) is 0 Å². The minimum Gasteiger partial charge on any atom is -0.459 e. The Morgan fingerprint density at radius 3 is 2.64 bits per heavy atom. The highest BCUT2D eigenvalue weighted by atomic mass is 16.5. The van der Waals surface area contributed by atoms with Gasteiger partial charge in [-0.05, 0) is 23.9 Å². The van der Waals surface area contributed by atoms with E-state index in [0.717, 1.165) is 16.3 Å². The molecule has 4 rings (SSSR count). The fraction of sp³-hybridized carbons (Fsp3) is 0.222. The van der Waals surface area contributed by atoms with Crippen molar-refractivity contribution in [1.82, 2.24) is 0 Å². The third-order valence-electron chi connectivity index (χ3n) is 4.31. The molecule has 1 aliphatic rings. The highest BCUT2D eigenvalue weighted by Crippen LogP contribution is 2.31. The summed E-state index contributed by atoms with van der Waals surface area (Å²) in [6.07, 6.45) is 0. The summed E-state index contributed by atoms with van der Waals surface area (Å²) in [6.45, 7) is 4.08. The van der Waals surface area contributed by atoms with E-state index in [1.807, 2.05) is 38.1 Å². The molecule has 1 unspecified atom stereocenters. The number of hydrogen-bond donors (Lipinski definition) is 0. The molecular formula is C18H14O4. The first-order chi connectivity index (χ1) is 10.6. The summed E-state index contributed by atoms with van der Waals surface area (Å²) in [5.74, 6) is -0.663. The molecular weight excluding hydrogens is 280 g/mol. The molecule has 22 heavy (non-hydrogen) atoms. The maximum atomic E-state index is 12.8. The quantitative estimate of drug-likeness (QED) is 0.470. The summed E-state index contributed by atoms with van der Waals surface area (Å²) >= 11 is 0. The lowest BCUT2D eigenvalue weighted by atomic mass is 9.95. The van der Waals surface area contributed by atoms with E-state index in [1.54, 1.807) is 6.07 Å². The largest absolute Gasteiger partial charge is 0.459 e. The zero-order valence-corrected chi connectivity index (χ0v) is 12.3. The monoisotopic (exact) mass is 294 g/mol. The van der Waals surface area contributed by atoms with Crippen LogP contribution in [0.25, 0.3) is 21.7 Å².